The molecule has 0 radical (unpaired) electrons. The molecule has 4 rings (SSSR count). The lowest BCUT2D eigenvalue weighted by Gasteiger charge is -2.37. The molecule has 1 heterocycles. The molecule has 0 aromatic heterocycles. The van der Waals surface area contributed by atoms with Gasteiger partial charge in [-0.2, -0.15) is 13.2 Å². The van der Waals surface area contributed by atoms with Gasteiger partial charge in [-0.15, -0.1) is 0 Å². The minimum Gasteiger partial charge on any atom is -0.486 e. The third-order valence-corrected chi connectivity index (χ3v) is 6.09. The lowest BCUT2D eigenvalue weighted by molar-refractivity contribution is -0.137. The van der Waals surface area contributed by atoms with E-state index in [-0.39, 0.29) is 6.10 Å². The highest BCUT2D eigenvalue weighted by Crippen LogP contribution is 2.32. The first-order valence-electron chi connectivity index (χ1n) is 11.3. The molecule has 0 saturated carbocycles. The van der Waals surface area contributed by atoms with Gasteiger partial charge in [0.05, 0.1) is 5.56 Å². The summed E-state index contributed by atoms with van der Waals surface area (Å²) >= 11 is 0. The van der Waals surface area contributed by atoms with E-state index < -0.39 is 11.7 Å². The number of nitrogens with zero attached hydrogens (tertiary/aromatic N) is 2. The van der Waals surface area contributed by atoms with Crippen molar-refractivity contribution in [3.05, 3.63) is 95.6 Å². The van der Waals surface area contributed by atoms with E-state index >= 15 is 0 Å². The van der Waals surface area contributed by atoms with Gasteiger partial charge in [0.1, 0.15) is 11.9 Å². The molecular weight excluding hydrogens is 425 g/mol. The Morgan fingerprint density at radius 2 is 1.55 bits per heavy atom. The van der Waals surface area contributed by atoms with Crippen molar-refractivity contribution < 1.29 is 17.9 Å². The fourth-order valence-corrected chi connectivity index (χ4v) is 4.15. The van der Waals surface area contributed by atoms with Crippen LogP contribution in [-0.2, 0) is 6.18 Å². The topological polar surface area (TPSA) is 15.7 Å². The van der Waals surface area contributed by atoms with Crippen molar-refractivity contribution >= 4 is 5.69 Å². The normalized spacial score (nSPS) is 15.9. The summed E-state index contributed by atoms with van der Waals surface area (Å²) in [6, 6.07) is 23.9. The third kappa shape index (κ3) is 6.29. The molecule has 1 fully saturated rings. The Hall–Kier alpha value is -2.99. The Morgan fingerprint density at radius 1 is 0.848 bits per heavy atom. The Bertz CT molecular complexity index is 1010. The number of halogens is 3. The molecule has 3 aromatic carbocycles. The minimum absolute atomic E-state index is 0.0598. The van der Waals surface area contributed by atoms with Crippen LogP contribution in [0.5, 0.6) is 5.75 Å². The Kier molecular flexibility index (Phi) is 7.23. The summed E-state index contributed by atoms with van der Waals surface area (Å²) in [4.78, 5) is 4.39. The van der Waals surface area contributed by atoms with Gasteiger partial charge in [-0.05, 0) is 42.8 Å². The lowest BCUT2D eigenvalue weighted by Crippen LogP contribution is -2.47. The number of rotatable bonds is 7. The highest BCUT2D eigenvalue weighted by Gasteiger charge is 2.31. The van der Waals surface area contributed by atoms with Gasteiger partial charge in [0.25, 0.3) is 0 Å². The second-order valence-electron chi connectivity index (χ2n) is 8.50. The van der Waals surface area contributed by atoms with Crippen LogP contribution in [0.15, 0.2) is 78.9 Å². The quantitative estimate of drug-likeness (QED) is 0.414. The first-order chi connectivity index (χ1) is 15.9. The van der Waals surface area contributed by atoms with Crippen LogP contribution in [0.3, 0.4) is 0 Å². The SMILES string of the molecule is Cc1ccc(OC(CCN2CCN(c3cccc(C(F)(F)F)c3)CC2)c2ccccc2)cc1. The van der Waals surface area contributed by atoms with Gasteiger partial charge in [-0.25, -0.2) is 0 Å². The lowest BCUT2D eigenvalue weighted by atomic mass is 10.1. The van der Waals surface area contributed by atoms with Crippen molar-refractivity contribution in [2.75, 3.05) is 37.6 Å². The first-order valence-corrected chi connectivity index (χ1v) is 11.3. The molecule has 1 saturated heterocycles. The summed E-state index contributed by atoms with van der Waals surface area (Å²) in [5.41, 5.74) is 2.37. The van der Waals surface area contributed by atoms with Crippen LogP contribution in [0, 0.1) is 6.92 Å². The standard InChI is InChI=1S/C27H29F3N2O/c1-21-10-12-25(13-11-21)33-26(22-6-3-2-4-7-22)14-15-31-16-18-32(19-17-31)24-9-5-8-23(20-24)27(28,29)30/h2-13,20,26H,14-19H2,1H3. The van der Waals surface area contributed by atoms with E-state index in [1.807, 2.05) is 47.4 Å². The van der Waals surface area contributed by atoms with Crippen molar-refractivity contribution in [1.29, 1.82) is 0 Å². The molecule has 174 valence electrons. The third-order valence-electron chi connectivity index (χ3n) is 6.09. The minimum atomic E-state index is -4.32. The van der Waals surface area contributed by atoms with Crippen LogP contribution in [0.4, 0.5) is 18.9 Å². The van der Waals surface area contributed by atoms with Crippen molar-refractivity contribution in [2.45, 2.75) is 25.6 Å². The van der Waals surface area contributed by atoms with E-state index in [1.54, 1.807) is 6.07 Å². The molecular formula is C27H29F3N2O. The van der Waals surface area contributed by atoms with Gasteiger partial charge in [-0.1, -0.05) is 54.1 Å². The molecule has 1 aliphatic rings. The average molecular weight is 455 g/mol. The number of aryl methyl sites for hydroxylation is 1. The summed E-state index contributed by atoms with van der Waals surface area (Å²) < 4.78 is 45.5. The number of hydrogen-bond acceptors (Lipinski definition) is 3. The summed E-state index contributed by atoms with van der Waals surface area (Å²) in [6.45, 7) is 5.94. The molecule has 0 spiro atoms. The molecule has 3 nitrogen and oxygen atoms in total. The second kappa shape index (κ2) is 10.3. The van der Waals surface area contributed by atoms with Crippen LogP contribution in [0.2, 0.25) is 0 Å². The molecule has 0 N–H and O–H groups in total. The Labute approximate surface area is 193 Å². The van der Waals surface area contributed by atoms with Gasteiger partial charge >= 0.3 is 6.18 Å². The van der Waals surface area contributed by atoms with E-state index in [2.05, 4.69) is 24.0 Å². The summed E-state index contributed by atoms with van der Waals surface area (Å²) in [5.74, 6) is 0.851. The average Bonchev–Trinajstić information content (AvgIpc) is 2.83. The maximum Gasteiger partial charge on any atom is 0.416 e. The highest BCUT2D eigenvalue weighted by atomic mass is 19.4. The molecule has 1 unspecified atom stereocenters. The van der Waals surface area contributed by atoms with Crippen molar-refractivity contribution in [3.63, 3.8) is 0 Å². The van der Waals surface area contributed by atoms with Crippen LogP contribution in [0.1, 0.15) is 29.2 Å². The molecule has 0 aliphatic carbocycles. The molecule has 1 aliphatic heterocycles. The van der Waals surface area contributed by atoms with Crippen LogP contribution in [0.25, 0.3) is 0 Å². The summed E-state index contributed by atoms with van der Waals surface area (Å²) in [6.07, 6.45) is -3.54. The number of hydrogen-bond donors (Lipinski definition) is 0. The summed E-state index contributed by atoms with van der Waals surface area (Å²) in [5, 5.41) is 0. The van der Waals surface area contributed by atoms with Gasteiger partial charge < -0.3 is 9.64 Å². The molecule has 33 heavy (non-hydrogen) atoms. The molecule has 0 bridgehead atoms. The van der Waals surface area contributed by atoms with E-state index in [4.69, 9.17) is 4.74 Å². The van der Waals surface area contributed by atoms with E-state index in [9.17, 15) is 13.2 Å². The van der Waals surface area contributed by atoms with Gasteiger partial charge in [0.2, 0.25) is 0 Å². The smallest absolute Gasteiger partial charge is 0.416 e. The number of benzene rings is 3. The van der Waals surface area contributed by atoms with Gasteiger partial charge in [0, 0.05) is 44.8 Å². The largest absolute Gasteiger partial charge is 0.486 e. The predicted octanol–water partition coefficient (Wildman–Crippen LogP) is 6.35. The van der Waals surface area contributed by atoms with E-state index in [0.29, 0.717) is 18.8 Å². The zero-order valence-corrected chi connectivity index (χ0v) is 18.8. The number of ether oxygens (including phenoxy) is 1. The molecule has 1 atom stereocenters. The predicted molar refractivity (Wildman–Crippen MR) is 126 cm³/mol. The van der Waals surface area contributed by atoms with Crippen molar-refractivity contribution in [3.8, 4) is 5.75 Å². The van der Waals surface area contributed by atoms with Crippen molar-refractivity contribution in [1.82, 2.24) is 4.90 Å². The first kappa shape index (κ1) is 23.2. The molecule has 3 aromatic rings. The second-order valence-corrected chi connectivity index (χ2v) is 8.50. The number of anilines is 1. The maximum absolute atomic E-state index is 13.1. The number of piperazine rings is 1. The van der Waals surface area contributed by atoms with Crippen LogP contribution >= 0.6 is 0 Å². The fourth-order valence-electron chi connectivity index (χ4n) is 4.15. The number of alkyl halides is 3. The zero-order valence-electron chi connectivity index (χ0n) is 18.8. The van der Waals surface area contributed by atoms with Crippen molar-refractivity contribution in [2.24, 2.45) is 0 Å². The Balaban J connectivity index is 1.35. The maximum atomic E-state index is 13.1. The monoisotopic (exact) mass is 454 g/mol. The van der Waals surface area contributed by atoms with Gasteiger partial charge in [-0.3, -0.25) is 4.90 Å². The molecule has 6 heteroatoms. The van der Waals surface area contributed by atoms with Gasteiger partial charge in [0.15, 0.2) is 0 Å². The fraction of sp³-hybridized carbons (Fsp3) is 0.333. The van der Waals surface area contributed by atoms with Crippen LogP contribution in [-0.4, -0.2) is 37.6 Å². The highest BCUT2D eigenvalue weighted by molar-refractivity contribution is 5.49. The van der Waals surface area contributed by atoms with E-state index in [0.717, 1.165) is 43.4 Å². The molecule has 0 amide bonds. The zero-order chi connectivity index (χ0) is 23.3. The van der Waals surface area contributed by atoms with E-state index in [1.165, 1.54) is 17.7 Å². The summed E-state index contributed by atoms with van der Waals surface area (Å²) in [7, 11) is 0. The Morgan fingerprint density at radius 3 is 2.21 bits per heavy atom. The van der Waals surface area contributed by atoms with Crippen LogP contribution < -0.4 is 9.64 Å².